The Labute approximate surface area is 111 Å². The molecule has 94 valence electrons. The van der Waals surface area contributed by atoms with Crippen molar-refractivity contribution in [3.63, 3.8) is 0 Å². The second-order valence-corrected chi connectivity index (χ2v) is 5.91. The Bertz CT molecular complexity index is 384. The molecule has 0 saturated carbocycles. The Hall–Kier alpha value is -0.610. The molecule has 0 spiro atoms. The average Bonchev–Trinajstić information content (AvgIpc) is 2.28. The maximum Gasteiger partial charge on any atom is 0.122 e. The molecule has 1 unspecified atom stereocenters. The van der Waals surface area contributed by atoms with Gasteiger partial charge >= 0.3 is 0 Å². The molecule has 1 fully saturated rings. The van der Waals surface area contributed by atoms with Crippen molar-refractivity contribution >= 4 is 15.9 Å². The number of aromatic nitrogens is 1. The van der Waals surface area contributed by atoms with E-state index in [9.17, 15) is 0 Å². The summed E-state index contributed by atoms with van der Waals surface area (Å²) < 4.78 is 5.28. The molecule has 0 aromatic carbocycles. The van der Waals surface area contributed by atoms with Crippen molar-refractivity contribution in [2.24, 2.45) is 0 Å². The van der Waals surface area contributed by atoms with Gasteiger partial charge in [-0.3, -0.25) is 9.88 Å². The van der Waals surface area contributed by atoms with Gasteiger partial charge in [-0.15, -0.1) is 0 Å². The fourth-order valence-electron chi connectivity index (χ4n) is 2.27. The minimum Gasteiger partial charge on any atom is -0.497 e. The zero-order chi connectivity index (χ0) is 12.3. The van der Waals surface area contributed by atoms with Crippen molar-refractivity contribution in [3.05, 3.63) is 23.5 Å². The highest BCUT2D eigenvalue weighted by molar-refractivity contribution is 9.09. The minimum absolute atomic E-state index is 0.628. The van der Waals surface area contributed by atoms with Crippen LogP contribution in [0.2, 0.25) is 0 Å². The summed E-state index contributed by atoms with van der Waals surface area (Å²) in [5.74, 6) is 0.903. The van der Waals surface area contributed by atoms with Gasteiger partial charge in [0.2, 0.25) is 0 Å². The Balaban J connectivity index is 2.04. The van der Waals surface area contributed by atoms with Gasteiger partial charge in [-0.2, -0.15) is 0 Å². The number of alkyl halides is 1. The molecule has 2 heterocycles. The van der Waals surface area contributed by atoms with E-state index in [1.807, 2.05) is 19.1 Å². The molecule has 2 rings (SSSR count). The number of likely N-dealkylation sites (tertiary alicyclic amines) is 1. The largest absolute Gasteiger partial charge is 0.497 e. The number of methoxy groups -OCH3 is 1. The lowest BCUT2D eigenvalue weighted by Crippen LogP contribution is -2.35. The standard InChI is InChI=1S/C13H19BrN2O/c1-10-6-13(17-2)7-12(15-10)9-16-5-3-4-11(14)8-16/h6-7,11H,3-5,8-9H2,1-2H3. The van der Waals surface area contributed by atoms with Gasteiger partial charge in [0, 0.05) is 35.7 Å². The number of hydrogen-bond donors (Lipinski definition) is 0. The van der Waals surface area contributed by atoms with Crippen LogP contribution in [0.3, 0.4) is 0 Å². The quantitative estimate of drug-likeness (QED) is 0.803. The van der Waals surface area contributed by atoms with Gasteiger partial charge in [0.15, 0.2) is 0 Å². The molecule has 0 amide bonds. The number of nitrogens with zero attached hydrogens (tertiary/aromatic N) is 2. The minimum atomic E-state index is 0.628. The van der Waals surface area contributed by atoms with Crippen molar-refractivity contribution in [1.82, 2.24) is 9.88 Å². The summed E-state index contributed by atoms with van der Waals surface area (Å²) in [4.78, 5) is 7.64. The van der Waals surface area contributed by atoms with Crippen LogP contribution in [0.4, 0.5) is 0 Å². The van der Waals surface area contributed by atoms with Crippen molar-refractivity contribution in [2.45, 2.75) is 31.1 Å². The van der Waals surface area contributed by atoms with Crippen LogP contribution in [0.15, 0.2) is 12.1 Å². The fourth-order valence-corrected chi connectivity index (χ4v) is 3.01. The molecule has 1 aromatic rings. The fraction of sp³-hybridized carbons (Fsp3) is 0.615. The van der Waals surface area contributed by atoms with E-state index < -0.39 is 0 Å². The van der Waals surface area contributed by atoms with Gasteiger partial charge in [-0.05, 0) is 26.3 Å². The van der Waals surface area contributed by atoms with Crippen LogP contribution in [0.1, 0.15) is 24.2 Å². The number of aryl methyl sites for hydroxylation is 1. The number of piperidine rings is 1. The van der Waals surface area contributed by atoms with E-state index in [0.717, 1.165) is 30.2 Å². The Morgan fingerprint density at radius 2 is 2.35 bits per heavy atom. The summed E-state index contributed by atoms with van der Waals surface area (Å²) in [6.45, 7) is 5.20. The van der Waals surface area contributed by atoms with E-state index in [1.54, 1.807) is 7.11 Å². The van der Waals surface area contributed by atoms with E-state index in [-0.39, 0.29) is 0 Å². The molecule has 1 aliphatic rings. The lowest BCUT2D eigenvalue weighted by molar-refractivity contribution is 0.225. The van der Waals surface area contributed by atoms with Crippen molar-refractivity contribution in [2.75, 3.05) is 20.2 Å². The molecule has 3 nitrogen and oxygen atoms in total. The maximum absolute atomic E-state index is 5.28. The summed E-state index contributed by atoms with van der Waals surface area (Å²) >= 11 is 3.70. The zero-order valence-corrected chi connectivity index (χ0v) is 12.0. The highest BCUT2D eigenvalue weighted by atomic mass is 79.9. The maximum atomic E-state index is 5.28. The van der Waals surface area contributed by atoms with Crippen molar-refractivity contribution in [1.29, 1.82) is 0 Å². The number of hydrogen-bond acceptors (Lipinski definition) is 3. The molecular formula is C13H19BrN2O. The molecular weight excluding hydrogens is 280 g/mol. The SMILES string of the molecule is COc1cc(C)nc(CN2CCCC(Br)C2)c1. The Morgan fingerprint density at radius 1 is 1.53 bits per heavy atom. The van der Waals surface area contributed by atoms with Crippen LogP contribution in [-0.4, -0.2) is 34.9 Å². The predicted octanol–water partition coefficient (Wildman–Crippen LogP) is 2.76. The number of rotatable bonds is 3. The highest BCUT2D eigenvalue weighted by Crippen LogP contribution is 2.20. The van der Waals surface area contributed by atoms with Crippen molar-refractivity contribution < 1.29 is 4.74 Å². The molecule has 1 saturated heterocycles. The molecule has 1 aliphatic heterocycles. The number of pyridine rings is 1. The summed E-state index contributed by atoms with van der Waals surface area (Å²) in [5.41, 5.74) is 2.12. The van der Waals surface area contributed by atoms with Crippen LogP contribution in [-0.2, 0) is 6.54 Å². The lowest BCUT2D eigenvalue weighted by Gasteiger charge is -2.29. The van der Waals surface area contributed by atoms with E-state index in [4.69, 9.17) is 4.74 Å². The first-order valence-electron chi connectivity index (χ1n) is 6.05. The molecule has 0 N–H and O–H groups in total. The second kappa shape index (κ2) is 5.83. The molecule has 1 atom stereocenters. The van der Waals surface area contributed by atoms with Gasteiger partial charge in [0.1, 0.15) is 5.75 Å². The first-order chi connectivity index (χ1) is 8.17. The van der Waals surface area contributed by atoms with Gasteiger partial charge in [-0.1, -0.05) is 15.9 Å². The normalized spacial score (nSPS) is 21.5. The number of ether oxygens (including phenoxy) is 1. The van der Waals surface area contributed by atoms with E-state index >= 15 is 0 Å². The number of halogens is 1. The second-order valence-electron chi connectivity index (χ2n) is 4.61. The molecule has 0 aliphatic carbocycles. The van der Waals surface area contributed by atoms with E-state index in [1.165, 1.54) is 19.4 Å². The average molecular weight is 299 g/mol. The molecule has 4 heteroatoms. The highest BCUT2D eigenvalue weighted by Gasteiger charge is 2.18. The smallest absolute Gasteiger partial charge is 0.122 e. The third kappa shape index (κ3) is 3.68. The molecule has 0 radical (unpaired) electrons. The van der Waals surface area contributed by atoms with Crippen LogP contribution in [0, 0.1) is 6.92 Å². The van der Waals surface area contributed by atoms with E-state index in [2.05, 4.69) is 25.8 Å². The monoisotopic (exact) mass is 298 g/mol. The summed E-state index contributed by atoms with van der Waals surface area (Å²) in [5, 5.41) is 0. The molecule has 0 bridgehead atoms. The van der Waals surface area contributed by atoms with Crippen LogP contribution < -0.4 is 4.74 Å². The predicted molar refractivity (Wildman–Crippen MR) is 72.8 cm³/mol. The molecule has 17 heavy (non-hydrogen) atoms. The first-order valence-corrected chi connectivity index (χ1v) is 6.97. The Morgan fingerprint density at radius 3 is 3.06 bits per heavy atom. The van der Waals surface area contributed by atoms with Gasteiger partial charge < -0.3 is 4.74 Å². The van der Waals surface area contributed by atoms with Crippen molar-refractivity contribution in [3.8, 4) is 5.75 Å². The topological polar surface area (TPSA) is 25.4 Å². The van der Waals surface area contributed by atoms with Gasteiger partial charge in [-0.25, -0.2) is 0 Å². The zero-order valence-electron chi connectivity index (χ0n) is 10.4. The molecule has 1 aromatic heterocycles. The van der Waals surface area contributed by atoms with E-state index in [0.29, 0.717) is 4.83 Å². The third-order valence-corrected chi connectivity index (χ3v) is 3.80. The third-order valence-electron chi connectivity index (χ3n) is 3.05. The van der Waals surface area contributed by atoms with Gasteiger partial charge in [0.25, 0.3) is 0 Å². The van der Waals surface area contributed by atoms with Crippen LogP contribution in [0.25, 0.3) is 0 Å². The van der Waals surface area contributed by atoms with Crippen LogP contribution in [0.5, 0.6) is 5.75 Å². The van der Waals surface area contributed by atoms with Crippen LogP contribution >= 0.6 is 15.9 Å². The summed E-state index contributed by atoms with van der Waals surface area (Å²) in [6.07, 6.45) is 2.54. The lowest BCUT2D eigenvalue weighted by atomic mass is 10.1. The van der Waals surface area contributed by atoms with Gasteiger partial charge in [0.05, 0.1) is 12.8 Å². The first kappa shape index (κ1) is 12.8. The summed E-state index contributed by atoms with van der Waals surface area (Å²) in [6, 6.07) is 4.00. The summed E-state index contributed by atoms with van der Waals surface area (Å²) in [7, 11) is 1.70. The Kier molecular flexibility index (Phi) is 4.40.